The minimum absolute atomic E-state index is 0.230. The largest absolute Gasteiger partial charge is 0.327 e. The Morgan fingerprint density at radius 3 is 2.46 bits per heavy atom. The first kappa shape index (κ1) is 18.1. The number of rotatable bonds is 3. The van der Waals surface area contributed by atoms with Gasteiger partial charge in [-0.05, 0) is 47.9 Å². The minimum atomic E-state index is -0.614. The number of carbonyl (C=O) groups excluding carboxylic acids is 1. The highest BCUT2D eigenvalue weighted by Gasteiger charge is 2.27. The smallest absolute Gasteiger partial charge is 0.241 e. The lowest BCUT2D eigenvalue weighted by molar-refractivity contribution is -0.119. The van der Waals surface area contributed by atoms with Gasteiger partial charge >= 0.3 is 0 Å². The van der Waals surface area contributed by atoms with Crippen LogP contribution < -0.4 is 11.1 Å². The zero-order valence-corrected chi connectivity index (χ0v) is 15.4. The van der Waals surface area contributed by atoms with Gasteiger partial charge in [0, 0.05) is 18.3 Å². The van der Waals surface area contributed by atoms with E-state index in [2.05, 4.69) is 10.3 Å². The van der Waals surface area contributed by atoms with E-state index in [9.17, 15) is 9.18 Å². The average Bonchev–Trinajstić information content (AvgIpc) is 2.90. The first-order valence-corrected chi connectivity index (χ1v) is 8.45. The average molecular weight is 354 g/mol. The molecule has 0 aliphatic carbocycles. The number of hydrogen-bond acceptors (Lipinski definition) is 3. The molecule has 1 heterocycles. The Hall–Kier alpha value is -2.73. The van der Waals surface area contributed by atoms with Crippen molar-refractivity contribution in [2.75, 3.05) is 5.32 Å². The SMILES string of the molecule is Cn1c(-c2ccc(F)cc2)nc2cc(NC(=O)[C@@H](N)C(C)(C)C)ccc21. The number of aromatic nitrogens is 2. The number of benzene rings is 2. The number of nitrogens with one attached hydrogen (secondary N) is 1. The van der Waals surface area contributed by atoms with Gasteiger partial charge in [0.2, 0.25) is 5.91 Å². The Balaban J connectivity index is 1.92. The fourth-order valence-corrected chi connectivity index (χ4v) is 2.75. The van der Waals surface area contributed by atoms with Gasteiger partial charge in [-0.2, -0.15) is 0 Å². The summed E-state index contributed by atoms with van der Waals surface area (Å²) in [6.45, 7) is 5.77. The number of hydrogen-bond donors (Lipinski definition) is 2. The molecular formula is C20H23FN4O. The number of amides is 1. The molecule has 0 spiro atoms. The number of halogens is 1. The standard InChI is InChI=1S/C20H23FN4O/c1-20(2,3)17(22)19(26)23-14-9-10-16-15(11-14)24-18(25(16)4)12-5-7-13(21)8-6-12/h5-11,17H,22H2,1-4H3,(H,23,26)/t17-/m1/s1. The summed E-state index contributed by atoms with van der Waals surface area (Å²) in [5.74, 6) is 0.217. The number of fused-ring (bicyclic) bond motifs is 1. The number of imidazole rings is 1. The second-order valence-electron chi connectivity index (χ2n) is 7.54. The van der Waals surface area contributed by atoms with E-state index in [0.29, 0.717) is 5.69 Å². The molecule has 0 radical (unpaired) electrons. The molecule has 3 aromatic rings. The number of carbonyl (C=O) groups is 1. The van der Waals surface area contributed by atoms with Crippen molar-refractivity contribution < 1.29 is 9.18 Å². The Morgan fingerprint density at radius 2 is 1.85 bits per heavy atom. The van der Waals surface area contributed by atoms with Gasteiger partial charge in [0.1, 0.15) is 11.6 Å². The quantitative estimate of drug-likeness (QED) is 0.753. The van der Waals surface area contributed by atoms with E-state index < -0.39 is 6.04 Å². The summed E-state index contributed by atoms with van der Waals surface area (Å²) in [7, 11) is 1.90. The van der Waals surface area contributed by atoms with Crippen molar-refractivity contribution in [3.63, 3.8) is 0 Å². The molecule has 1 atom stereocenters. The van der Waals surface area contributed by atoms with Gasteiger partial charge in [0.25, 0.3) is 0 Å². The first-order chi connectivity index (χ1) is 12.2. The maximum Gasteiger partial charge on any atom is 0.241 e. The van der Waals surface area contributed by atoms with Crippen LogP contribution in [-0.4, -0.2) is 21.5 Å². The molecular weight excluding hydrogens is 331 g/mol. The number of aryl methyl sites for hydroxylation is 1. The predicted octanol–water partition coefficient (Wildman–Crippen LogP) is 3.69. The van der Waals surface area contributed by atoms with Crippen LogP contribution in [0.25, 0.3) is 22.4 Å². The van der Waals surface area contributed by atoms with Crippen LogP contribution in [0.2, 0.25) is 0 Å². The lowest BCUT2D eigenvalue weighted by Gasteiger charge is -2.25. The van der Waals surface area contributed by atoms with Gasteiger partial charge in [-0.25, -0.2) is 9.37 Å². The van der Waals surface area contributed by atoms with Crippen molar-refractivity contribution in [3.8, 4) is 11.4 Å². The summed E-state index contributed by atoms with van der Waals surface area (Å²) in [5.41, 5.74) is 8.82. The highest BCUT2D eigenvalue weighted by atomic mass is 19.1. The second-order valence-corrected chi connectivity index (χ2v) is 7.54. The molecule has 0 aliphatic heterocycles. The number of anilines is 1. The molecule has 2 aromatic carbocycles. The molecule has 0 saturated heterocycles. The molecule has 5 nitrogen and oxygen atoms in total. The fraction of sp³-hybridized carbons (Fsp3) is 0.300. The zero-order chi connectivity index (χ0) is 19.1. The molecule has 1 aromatic heterocycles. The monoisotopic (exact) mass is 354 g/mol. The lowest BCUT2D eigenvalue weighted by atomic mass is 9.87. The van der Waals surface area contributed by atoms with E-state index in [1.54, 1.807) is 12.1 Å². The Bertz CT molecular complexity index is 954. The maximum absolute atomic E-state index is 13.2. The Morgan fingerprint density at radius 1 is 1.19 bits per heavy atom. The van der Waals surface area contributed by atoms with Crippen molar-refractivity contribution in [1.29, 1.82) is 0 Å². The molecule has 3 rings (SSSR count). The molecule has 0 fully saturated rings. The maximum atomic E-state index is 13.2. The van der Waals surface area contributed by atoms with Gasteiger partial charge in [-0.3, -0.25) is 4.79 Å². The van der Waals surface area contributed by atoms with Gasteiger partial charge in [0.15, 0.2) is 0 Å². The molecule has 0 aliphatic rings. The zero-order valence-electron chi connectivity index (χ0n) is 15.4. The van der Waals surface area contributed by atoms with Crippen LogP contribution in [0.3, 0.4) is 0 Å². The summed E-state index contributed by atoms with van der Waals surface area (Å²) in [6, 6.07) is 11.1. The van der Waals surface area contributed by atoms with Gasteiger partial charge in [-0.1, -0.05) is 20.8 Å². The van der Waals surface area contributed by atoms with Gasteiger partial charge in [-0.15, -0.1) is 0 Å². The van der Waals surface area contributed by atoms with E-state index in [1.165, 1.54) is 12.1 Å². The normalized spacial score (nSPS) is 13.0. The van der Waals surface area contributed by atoms with Gasteiger partial charge < -0.3 is 15.6 Å². The van der Waals surface area contributed by atoms with Crippen LogP contribution >= 0.6 is 0 Å². The van der Waals surface area contributed by atoms with E-state index in [1.807, 2.05) is 50.6 Å². The summed E-state index contributed by atoms with van der Waals surface area (Å²) in [5, 5.41) is 2.85. The van der Waals surface area contributed by atoms with E-state index in [4.69, 9.17) is 5.73 Å². The molecule has 0 saturated carbocycles. The van der Waals surface area contributed by atoms with E-state index in [0.717, 1.165) is 22.4 Å². The highest BCUT2D eigenvalue weighted by molar-refractivity contribution is 5.97. The van der Waals surface area contributed by atoms with Crippen LogP contribution in [0.15, 0.2) is 42.5 Å². The number of nitrogens with zero attached hydrogens (tertiary/aromatic N) is 2. The Labute approximate surface area is 152 Å². The summed E-state index contributed by atoms with van der Waals surface area (Å²) >= 11 is 0. The second kappa shape index (κ2) is 6.53. The molecule has 6 heteroatoms. The molecule has 1 amide bonds. The molecule has 26 heavy (non-hydrogen) atoms. The fourth-order valence-electron chi connectivity index (χ4n) is 2.75. The van der Waals surface area contributed by atoms with Gasteiger partial charge in [0.05, 0.1) is 17.1 Å². The van der Waals surface area contributed by atoms with Crippen LogP contribution in [0.1, 0.15) is 20.8 Å². The summed E-state index contributed by atoms with van der Waals surface area (Å²) in [4.78, 5) is 17.0. The number of nitrogens with two attached hydrogens (primary N) is 1. The van der Waals surface area contributed by atoms with Crippen molar-refractivity contribution in [1.82, 2.24) is 9.55 Å². The third-order valence-corrected chi connectivity index (χ3v) is 4.47. The van der Waals surface area contributed by atoms with Crippen LogP contribution in [0.5, 0.6) is 0 Å². The van der Waals surface area contributed by atoms with Crippen molar-refractivity contribution >= 4 is 22.6 Å². The molecule has 3 N–H and O–H groups in total. The summed E-state index contributed by atoms with van der Waals surface area (Å²) < 4.78 is 15.1. The first-order valence-electron chi connectivity index (χ1n) is 8.45. The lowest BCUT2D eigenvalue weighted by Crippen LogP contribution is -2.45. The van der Waals surface area contributed by atoms with Crippen LogP contribution in [0.4, 0.5) is 10.1 Å². The van der Waals surface area contributed by atoms with Crippen LogP contribution in [-0.2, 0) is 11.8 Å². The van der Waals surface area contributed by atoms with Crippen molar-refractivity contribution in [3.05, 3.63) is 48.3 Å². The van der Waals surface area contributed by atoms with Crippen molar-refractivity contribution in [2.45, 2.75) is 26.8 Å². The van der Waals surface area contributed by atoms with Crippen molar-refractivity contribution in [2.24, 2.45) is 18.2 Å². The minimum Gasteiger partial charge on any atom is -0.327 e. The topological polar surface area (TPSA) is 72.9 Å². The third kappa shape index (κ3) is 3.46. The van der Waals surface area contributed by atoms with E-state index >= 15 is 0 Å². The molecule has 0 bridgehead atoms. The van der Waals surface area contributed by atoms with Crippen LogP contribution in [0, 0.1) is 11.2 Å². The Kier molecular flexibility index (Phi) is 4.54. The molecule has 0 unspecified atom stereocenters. The molecule has 136 valence electrons. The van der Waals surface area contributed by atoms with E-state index in [-0.39, 0.29) is 17.1 Å². The predicted molar refractivity (Wildman–Crippen MR) is 102 cm³/mol. The highest BCUT2D eigenvalue weighted by Crippen LogP contribution is 2.26. The summed E-state index contributed by atoms with van der Waals surface area (Å²) in [6.07, 6.45) is 0. The third-order valence-electron chi connectivity index (χ3n) is 4.47.